The summed E-state index contributed by atoms with van der Waals surface area (Å²) < 4.78 is 0. The van der Waals surface area contributed by atoms with E-state index in [1.54, 1.807) is 25.1 Å². The van der Waals surface area contributed by atoms with Crippen molar-refractivity contribution in [3.63, 3.8) is 0 Å². The van der Waals surface area contributed by atoms with Crippen molar-refractivity contribution >= 4 is 17.5 Å². The summed E-state index contributed by atoms with van der Waals surface area (Å²) in [4.78, 5) is 10.3. The Morgan fingerprint density at radius 3 is 2.89 bits per heavy atom. The van der Waals surface area contributed by atoms with Crippen molar-refractivity contribution in [2.45, 2.75) is 6.92 Å². The molecular weight excluding hydrogens is 134 g/mol. The first kappa shape index (κ1) is 8.98. The maximum Gasteiger partial charge on any atom is 0.134 e. The van der Waals surface area contributed by atoms with Crippen LogP contribution in [-0.4, -0.2) is 23.8 Å². The Bertz CT molecular complexity index is 85.1. The van der Waals surface area contributed by atoms with Gasteiger partial charge < -0.3 is 5.73 Å². The smallest absolute Gasteiger partial charge is 0.134 e. The number of hydrogen-bond acceptors (Lipinski definition) is 3. The molecule has 0 rings (SSSR count). The van der Waals surface area contributed by atoms with Crippen LogP contribution in [0.1, 0.15) is 6.92 Å². The fourth-order valence-corrected chi connectivity index (χ4v) is 1.03. The fraction of sp³-hybridized carbons (Fsp3) is 0.667. The average molecular weight is 146 g/mol. The second kappa shape index (κ2) is 6.11. The Balaban J connectivity index is 2.83. The second-order valence-electron chi connectivity index (χ2n) is 1.68. The summed E-state index contributed by atoms with van der Waals surface area (Å²) >= 11 is 1.68. The molecule has 0 bridgehead atoms. The normalized spacial score (nSPS) is 9.56. The summed E-state index contributed by atoms with van der Waals surface area (Å²) in [5.41, 5.74) is 5.23. The summed E-state index contributed by atoms with van der Waals surface area (Å²) in [5, 5.41) is 0. The molecule has 9 heavy (non-hydrogen) atoms. The lowest BCUT2D eigenvalue weighted by atomic mass is 10.4. The van der Waals surface area contributed by atoms with Gasteiger partial charge >= 0.3 is 0 Å². The lowest BCUT2D eigenvalue weighted by molar-refractivity contribution is -0.113. The van der Waals surface area contributed by atoms with E-state index in [9.17, 15) is 4.79 Å². The molecule has 3 heteroatoms. The number of ketones is 1. The van der Waals surface area contributed by atoms with Crippen LogP contribution in [-0.2, 0) is 4.79 Å². The number of carbonyl (C=O) groups excluding carboxylic acids is 1. The summed E-state index contributed by atoms with van der Waals surface area (Å²) in [6, 6.07) is 0. The van der Waals surface area contributed by atoms with Crippen LogP contribution in [0.5, 0.6) is 0 Å². The second-order valence-corrected chi connectivity index (χ2v) is 2.83. The highest BCUT2D eigenvalue weighted by Gasteiger charge is 1.92. The third kappa shape index (κ3) is 7.98. The molecule has 2 nitrogen and oxygen atoms in total. The Kier molecular flexibility index (Phi) is 6.09. The van der Waals surface area contributed by atoms with E-state index in [2.05, 4.69) is 0 Å². The standard InChI is InChI=1S/C6H12NOS/c1-6(8)2-4-9-5-3-7/h2H,3-5,7H2,1H3. The molecule has 1 radical (unpaired) electrons. The van der Waals surface area contributed by atoms with E-state index in [1.165, 1.54) is 0 Å². The quantitative estimate of drug-likeness (QED) is 0.573. The molecule has 0 spiro atoms. The molecule has 0 aromatic heterocycles. The molecule has 0 unspecified atom stereocenters. The highest BCUT2D eigenvalue weighted by molar-refractivity contribution is 7.99. The van der Waals surface area contributed by atoms with Gasteiger partial charge in [-0.3, -0.25) is 4.79 Å². The third-order valence-electron chi connectivity index (χ3n) is 0.751. The van der Waals surface area contributed by atoms with E-state index in [-0.39, 0.29) is 5.78 Å². The third-order valence-corrected chi connectivity index (χ3v) is 1.68. The molecule has 0 heterocycles. The van der Waals surface area contributed by atoms with Crippen molar-refractivity contribution in [2.75, 3.05) is 18.1 Å². The van der Waals surface area contributed by atoms with Crippen LogP contribution < -0.4 is 5.73 Å². The maximum atomic E-state index is 10.3. The van der Waals surface area contributed by atoms with Crippen molar-refractivity contribution in [3.8, 4) is 0 Å². The lowest BCUT2D eigenvalue weighted by Crippen LogP contribution is -2.03. The zero-order valence-electron chi connectivity index (χ0n) is 5.59. The molecule has 0 atom stereocenters. The van der Waals surface area contributed by atoms with Gasteiger partial charge in [-0.1, -0.05) is 0 Å². The topological polar surface area (TPSA) is 43.1 Å². The fourth-order valence-electron chi connectivity index (χ4n) is 0.343. The number of Topliss-reactive ketones (excluding diaryl/α,β-unsaturated/α-hetero) is 1. The molecule has 0 aliphatic rings. The molecule has 0 aliphatic heterocycles. The minimum atomic E-state index is 0.138. The van der Waals surface area contributed by atoms with Crippen LogP contribution in [0.2, 0.25) is 0 Å². The molecule has 0 aliphatic carbocycles. The van der Waals surface area contributed by atoms with Crippen LogP contribution in [0.15, 0.2) is 0 Å². The van der Waals surface area contributed by atoms with Gasteiger partial charge in [-0.2, -0.15) is 11.8 Å². The van der Waals surface area contributed by atoms with E-state index in [4.69, 9.17) is 5.73 Å². The van der Waals surface area contributed by atoms with Gasteiger partial charge in [0.1, 0.15) is 5.78 Å². The summed E-state index contributed by atoms with van der Waals surface area (Å²) in [7, 11) is 0. The van der Waals surface area contributed by atoms with Crippen LogP contribution in [0.25, 0.3) is 0 Å². The first-order valence-electron chi connectivity index (χ1n) is 2.89. The van der Waals surface area contributed by atoms with Gasteiger partial charge in [0.05, 0.1) is 0 Å². The Labute approximate surface area is 60.2 Å². The Morgan fingerprint density at radius 2 is 2.44 bits per heavy atom. The molecule has 0 amide bonds. The van der Waals surface area contributed by atoms with Crippen molar-refractivity contribution in [2.24, 2.45) is 5.73 Å². The first-order valence-corrected chi connectivity index (χ1v) is 4.04. The molecule has 0 saturated carbocycles. The molecule has 0 fully saturated rings. The predicted octanol–water partition coefficient (Wildman–Crippen LogP) is 0.472. The molecule has 0 aromatic rings. The predicted molar refractivity (Wildman–Crippen MR) is 41.4 cm³/mol. The van der Waals surface area contributed by atoms with E-state index < -0.39 is 0 Å². The molecule has 0 saturated heterocycles. The van der Waals surface area contributed by atoms with E-state index in [1.807, 2.05) is 0 Å². The van der Waals surface area contributed by atoms with Crippen LogP contribution in [0.3, 0.4) is 0 Å². The zero-order valence-corrected chi connectivity index (χ0v) is 6.41. The molecule has 53 valence electrons. The van der Waals surface area contributed by atoms with E-state index in [0.717, 1.165) is 11.5 Å². The van der Waals surface area contributed by atoms with Crippen LogP contribution >= 0.6 is 11.8 Å². The SMILES string of the molecule is CC(=O)[CH]CSCCN. The first-order chi connectivity index (χ1) is 4.27. The Hall–Kier alpha value is -0.0200. The minimum Gasteiger partial charge on any atom is -0.330 e. The monoisotopic (exact) mass is 146 g/mol. The van der Waals surface area contributed by atoms with Gasteiger partial charge in [0.25, 0.3) is 0 Å². The van der Waals surface area contributed by atoms with Crippen molar-refractivity contribution in [3.05, 3.63) is 6.42 Å². The van der Waals surface area contributed by atoms with E-state index in [0.29, 0.717) is 6.54 Å². The maximum absolute atomic E-state index is 10.3. The summed E-state index contributed by atoms with van der Waals surface area (Å²) in [5.74, 6) is 1.87. The van der Waals surface area contributed by atoms with Crippen molar-refractivity contribution in [1.82, 2.24) is 0 Å². The van der Waals surface area contributed by atoms with Crippen LogP contribution in [0, 0.1) is 6.42 Å². The zero-order chi connectivity index (χ0) is 7.11. The van der Waals surface area contributed by atoms with Crippen molar-refractivity contribution < 1.29 is 4.79 Å². The number of thioether (sulfide) groups is 1. The van der Waals surface area contributed by atoms with Gasteiger partial charge in [0, 0.05) is 24.5 Å². The molecule has 2 N–H and O–H groups in total. The lowest BCUT2D eigenvalue weighted by Gasteiger charge is -1.93. The van der Waals surface area contributed by atoms with Gasteiger partial charge in [-0.05, 0) is 6.92 Å². The number of hydrogen-bond donors (Lipinski definition) is 1. The number of carbonyl (C=O) groups is 1. The largest absolute Gasteiger partial charge is 0.330 e. The minimum absolute atomic E-state index is 0.138. The van der Waals surface area contributed by atoms with Gasteiger partial charge in [0.15, 0.2) is 0 Å². The van der Waals surface area contributed by atoms with Gasteiger partial charge in [-0.15, -0.1) is 0 Å². The van der Waals surface area contributed by atoms with Crippen LogP contribution in [0.4, 0.5) is 0 Å². The Morgan fingerprint density at radius 1 is 1.78 bits per heavy atom. The van der Waals surface area contributed by atoms with Gasteiger partial charge in [0.2, 0.25) is 0 Å². The van der Waals surface area contributed by atoms with Crippen molar-refractivity contribution in [1.29, 1.82) is 0 Å². The summed E-state index contributed by atoms with van der Waals surface area (Å²) in [6.07, 6.45) is 1.67. The van der Waals surface area contributed by atoms with Gasteiger partial charge in [-0.25, -0.2) is 0 Å². The molecular formula is C6H12NOS. The highest BCUT2D eigenvalue weighted by Crippen LogP contribution is 1.99. The number of rotatable bonds is 5. The highest BCUT2D eigenvalue weighted by atomic mass is 32.2. The van der Waals surface area contributed by atoms with E-state index >= 15 is 0 Å². The summed E-state index contributed by atoms with van der Waals surface area (Å²) in [6.45, 7) is 2.25. The molecule has 0 aromatic carbocycles. The average Bonchev–Trinajstić information content (AvgIpc) is 1.80. The number of nitrogens with two attached hydrogens (primary N) is 1.